The van der Waals surface area contributed by atoms with Crippen molar-refractivity contribution in [2.24, 2.45) is 17.6 Å². The van der Waals surface area contributed by atoms with Crippen molar-refractivity contribution in [3.05, 3.63) is 58.5 Å². The highest BCUT2D eigenvalue weighted by atomic mass is 32.2. The van der Waals surface area contributed by atoms with Crippen LogP contribution >= 0.6 is 11.8 Å². The number of hydrogen-bond donors (Lipinski definition) is 7. The molecule has 2 fully saturated rings. The van der Waals surface area contributed by atoms with Crippen molar-refractivity contribution in [3.63, 3.8) is 0 Å². The monoisotopic (exact) mass is 856 g/mol. The number of unbranched alkanes of at least 4 members (excludes halogenated alkanes) is 3. The number of rotatable bonds is 15. The van der Waals surface area contributed by atoms with Gasteiger partial charge in [0.2, 0.25) is 17.5 Å². The van der Waals surface area contributed by atoms with Crippen LogP contribution in [0.1, 0.15) is 85.5 Å². The number of methoxy groups -OCH3 is 2. The van der Waals surface area contributed by atoms with Crippen LogP contribution in [0.25, 0.3) is 0 Å². The molecule has 4 rings (SSSR count). The van der Waals surface area contributed by atoms with Crippen molar-refractivity contribution in [1.29, 1.82) is 0 Å². The molecule has 16 nitrogen and oxygen atoms in total. The minimum Gasteiger partial charge on any atom is -0.439 e. The zero-order valence-electron chi connectivity index (χ0n) is 35.7. The molecule has 8 N–H and O–H groups in total. The summed E-state index contributed by atoms with van der Waals surface area (Å²) in [6, 6.07) is 0.274. The summed E-state index contributed by atoms with van der Waals surface area (Å²) in [6.07, 6.45) is 8.94. The first-order valence-corrected chi connectivity index (χ1v) is 22.0. The second kappa shape index (κ2) is 23.5. The number of urea groups is 1. The van der Waals surface area contributed by atoms with Crippen LogP contribution in [0.15, 0.2) is 58.5 Å². The summed E-state index contributed by atoms with van der Waals surface area (Å²) >= 11 is 1.87. The summed E-state index contributed by atoms with van der Waals surface area (Å²) in [5.41, 5.74) is 6.46. The number of Topliss-reactive ketones (excluding diaryl/α,β-unsaturated/α-hetero) is 1. The molecule has 332 valence electrons. The number of ketones is 2. The molecular formula is C43H64N6O10S. The molecule has 0 aromatic carbocycles. The lowest BCUT2D eigenvalue weighted by molar-refractivity contribution is -0.121. The number of allylic oxidation sites excluding steroid dienone is 4. The van der Waals surface area contributed by atoms with Gasteiger partial charge >= 0.3 is 12.1 Å². The van der Waals surface area contributed by atoms with E-state index < -0.39 is 53.9 Å². The van der Waals surface area contributed by atoms with Crippen LogP contribution in [0.2, 0.25) is 0 Å². The van der Waals surface area contributed by atoms with E-state index >= 15 is 0 Å². The highest BCUT2D eigenvalue weighted by Crippen LogP contribution is 2.33. The largest absolute Gasteiger partial charge is 0.439 e. The maximum Gasteiger partial charge on any atom is 0.405 e. The van der Waals surface area contributed by atoms with Crippen molar-refractivity contribution in [3.8, 4) is 0 Å². The normalized spacial score (nSPS) is 31.4. The van der Waals surface area contributed by atoms with Gasteiger partial charge in [-0.05, 0) is 70.3 Å². The summed E-state index contributed by atoms with van der Waals surface area (Å²) < 4.78 is 16.8. The Morgan fingerprint density at radius 2 is 1.75 bits per heavy atom. The Kier molecular flexibility index (Phi) is 18.9. The number of aliphatic hydroxyl groups is 1. The van der Waals surface area contributed by atoms with Crippen LogP contribution in [0.5, 0.6) is 0 Å². The number of aliphatic hydroxyl groups excluding tert-OH is 1. The van der Waals surface area contributed by atoms with E-state index in [-0.39, 0.29) is 58.9 Å². The SMILES string of the molecule is CO[C@H]1/C=C\C=C(/C)C(=O)NC2=CC(=O)C(NCCCCCNC(=O)CCCC[C@@H]3SC[C@@H]4NC(=O)N[C@@H]43)=C(C[C@@H](C)C[C@H](OC)[C@H](O)[C@@H](C)/C=C(\C)[C@@H]1OC(N)=O)C2=O. The minimum atomic E-state index is -1.01. The zero-order chi connectivity index (χ0) is 43.9. The molecule has 3 aliphatic heterocycles. The number of ether oxygens (including phenoxy) is 3. The van der Waals surface area contributed by atoms with Gasteiger partial charge < -0.3 is 51.6 Å². The van der Waals surface area contributed by atoms with Gasteiger partial charge in [-0.2, -0.15) is 11.8 Å². The number of carbonyl (C=O) groups excluding carboxylic acids is 6. The smallest absolute Gasteiger partial charge is 0.405 e. The first-order chi connectivity index (χ1) is 28.6. The lowest BCUT2D eigenvalue weighted by Gasteiger charge is -2.30. The van der Waals surface area contributed by atoms with Gasteiger partial charge in [-0.3, -0.25) is 19.2 Å². The number of amides is 5. The zero-order valence-corrected chi connectivity index (χ0v) is 36.5. The van der Waals surface area contributed by atoms with E-state index in [0.717, 1.165) is 43.9 Å². The second-order valence-corrected chi connectivity index (χ2v) is 17.4. The molecule has 0 spiro atoms. The number of fused-ring (bicyclic) bond motifs is 3. The van der Waals surface area contributed by atoms with Crippen molar-refractivity contribution >= 4 is 47.3 Å². The van der Waals surface area contributed by atoms with Crippen LogP contribution in [0.4, 0.5) is 9.59 Å². The summed E-state index contributed by atoms with van der Waals surface area (Å²) in [6.45, 7) is 7.93. The molecule has 0 aromatic heterocycles. The van der Waals surface area contributed by atoms with Crippen LogP contribution in [-0.2, 0) is 33.4 Å². The number of primary amides is 1. The summed E-state index contributed by atoms with van der Waals surface area (Å²) in [5, 5.41) is 26.6. The highest BCUT2D eigenvalue weighted by molar-refractivity contribution is 8.00. The molecule has 5 amide bonds. The summed E-state index contributed by atoms with van der Waals surface area (Å²) in [5.74, 6) is -1.30. The van der Waals surface area contributed by atoms with Gasteiger partial charge in [-0.15, -0.1) is 0 Å². The number of nitrogens with two attached hydrogens (primary N) is 1. The van der Waals surface area contributed by atoms with Gasteiger partial charge in [0.25, 0.3) is 5.91 Å². The molecule has 0 saturated carbocycles. The molecule has 4 aliphatic rings. The van der Waals surface area contributed by atoms with Crippen molar-refractivity contribution in [1.82, 2.24) is 26.6 Å². The van der Waals surface area contributed by atoms with Gasteiger partial charge in [0, 0.05) is 67.9 Å². The number of carbonyl (C=O) groups is 6. The predicted molar refractivity (Wildman–Crippen MR) is 228 cm³/mol. The fourth-order valence-corrected chi connectivity index (χ4v) is 9.55. The van der Waals surface area contributed by atoms with Crippen molar-refractivity contribution < 1.29 is 48.1 Å². The number of hydrogen-bond acceptors (Lipinski definition) is 12. The Labute approximate surface area is 357 Å². The average Bonchev–Trinajstić information content (AvgIpc) is 3.76. The third kappa shape index (κ3) is 13.8. The fraction of sp³-hybridized carbons (Fsp3) is 0.628. The molecule has 17 heteroatoms. The lowest BCUT2D eigenvalue weighted by Crippen LogP contribution is -2.38. The van der Waals surface area contributed by atoms with E-state index in [2.05, 4.69) is 26.6 Å². The van der Waals surface area contributed by atoms with Crippen LogP contribution in [0, 0.1) is 11.8 Å². The Morgan fingerprint density at radius 1 is 1.00 bits per heavy atom. The second-order valence-electron chi connectivity index (χ2n) is 16.1. The van der Waals surface area contributed by atoms with Crippen LogP contribution in [-0.4, -0.2) is 115 Å². The molecule has 0 unspecified atom stereocenters. The Bertz CT molecular complexity index is 1740. The van der Waals surface area contributed by atoms with Gasteiger partial charge in [0.05, 0.1) is 35.7 Å². The third-order valence-corrected chi connectivity index (χ3v) is 12.9. The summed E-state index contributed by atoms with van der Waals surface area (Å²) in [4.78, 5) is 76.8. The van der Waals surface area contributed by atoms with Crippen molar-refractivity contribution in [2.75, 3.05) is 33.1 Å². The lowest BCUT2D eigenvalue weighted by atomic mass is 9.85. The highest BCUT2D eigenvalue weighted by Gasteiger charge is 2.42. The summed E-state index contributed by atoms with van der Waals surface area (Å²) in [7, 11) is 2.92. The predicted octanol–water partition coefficient (Wildman–Crippen LogP) is 3.36. The van der Waals surface area contributed by atoms with E-state index in [1.54, 1.807) is 39.0 Å². The first kappa shape index (κ1) is 48.2. The molecular weight excluding hydrogens is 793 g/mol. The molecule has 3 heterocycles. The van der Waals surface area contributed by atoms with E-state index in [1.807, 2.05) is 18.7 Å². The molecule has 2 saturated heterocycles. The standard InChI is InChI=1S/C43H64N6O10S/c1-24-19-28-36(46-18-11-7-10-17-45-35(51)16-9-8-15-34-37-30(23-60-34)48-43(56)49-37)31(50)22-29(39(28)53)47-41(54)25(2)13-12-14-32(57-5)40(59-42(44)55)27(4)21-26(3)38(52)33(20-24)58-6/h12-14,21-22,24,26,30,32-34,37-38,40,46,52H,7-11,15-20,23H2,1-6H3,(H2,44,55)(H,45,51)(H,47,54)(H2,48,49,56)/b14-12-,25-13+,27-21+/t24-,26+,30+,32+,33+,34+,37+,38-,40+/m1/s1. The molecule has 1 aliphatic carbocycles. The van der Waals surface area contributed by atoms with E-state index in [4.69, 9.17) is 19.9 Å². The number of nitrogens with one attached hydrogen (secondary N) is 5. The van der Waals surface area contributed by atoms with Crippen molar-refractivity contribution in [2.45, 2.75) is 127 Å². The van der Waals surface area contributed by atoms with Gasteiger partial charge in [-0.1, -0.05) is 44.6 Å². The maximum absolute atomic E-state index is 14.0. The fourth-order valence-electron chi connectivity index (χ4n) is 8.01. The van der Waals surface area contributed by atoms with Crippen LogP contribution in [0.3, 0.4) is 0 Å². The molecule has 60 heavy (non-hydrogen) atoms. The Morgan fingerprint density at radius 3 is 2.47 bits per heavy atom. The third-order valence-electron chi connectivity index (χ3n) is 11.4. The van der Waals surface area contributed by atoms with E-state index in [0.29, 0.717) is 43.2 Å². The molecule has 0 aromatic rings. The van der Waals surface area contributed by atoms with Gasteiger partial charge in [0.15, 0.2) is 6.10 Å². The number of thioether (sulfide) groups is 1. The van der Waals surface area contributed by atoms with Gasteiger partial charge in [-0.25, -0.2) is 9.59 Å². The minimum absolute atomic E-state index is 0.0131. The first-order valence-electron chi connectivity index (χ1n) is 20.9. The molecule has 0 radical (unpaired) electrons. The Hall–Kier alpha value is -4.45. The average molecular weight is 857 g/mol. The molecule has 9 atom stereocenters. The van der Waals surface area contributed by atoms with Gasteiger partial charge in [0.1, 0.15) is 6.10 Å². The Balaban J connectivity index is 1.37. The topological polar surface area (TPSA) is 237 Å². The van der Waals surface area contributed by atoms with Crippen LogP contribution < -0.4 is 32.3 Å². The quantitative estimate of drug-likeness (QED) is 0.0544. The van der Waals surface area contributed by atoms with E-state index in [9.17, 15) is 33.9 Å². The molecule has 2 bridgehead atoms. The van der Waals surface area contributed by atoms with E-state index in [1.165, 1.54) is 20.3 Å². The maximum atomic E-state index is 14.0.